The zero-order chi connectivity index (χ0) is 24.7. The monoisotopic (exact) mass is 546 g/mol. The summed E-state index contributed by atoms with van der Waals surface area (Å²) < 4.78 is 19.9. The number of hydrogen-bond acceptors (Lipinski definition) is 5. The molecule has 0 bridgehead atoms. The molecule has 1 fully saturated rings. The largest absolute Gasteiger partial charge is 0.390 e. The Hall–Kier alpha value is -2.53. The lowest BCUT2D eigenvalue weighted by atomic mass is 10.0. The molecule has 4 heterocycles. The van der Waals surface area contributed by atoms with Gasteiger partial charge < -0.3 is 25.0 Å². The molecule has 1 saturated heterocycles. The topological polar surface area (TPSA) is 97.9 Å². The zero-order valence-electron chi connectivity index (χ0n) is 19.5. The molecule has 0 unspecified atom stereocenters. The highest BCUT2D eigenvalue weighted by molar-refractivity contribution is 9.10. The minimum Gasteiger partial charge on any atom is -0.390 e. The Morgan fingerprint density at radius 3 is 2.77 bits per heavy atom. The second-order valence-electron chi connectivity index (χ2n) is 9.26. The molecule has 0 saturated carbocycles. The number of ether oxygens (including phenoxy) is 1. The second kappa shape index (κ2) is 9.85. The Labute approximate surface area is 211 Å². The highest BCUT2D eigenvalue weighted by Gasteiger charge is 2.31. The van der Waals surface area contributed by atoms with Gasteiger partial charge in [-0.25, -0.2) is 4.39 Å². The molecule has 2 aromatic rings. The molecule has 1 atom stereocenters. The van der Waals surface area contributed by atoms with Gasteiger partial charge in [0, 0.05) is 54.1 Å². The third-order valence-electron chi connectivity index (χ3n) is 6.84. The number of halogens is 2. The predicted molar refractivity (Wildman–Crippen MR) is 134 cm³/mol. The number of aliphatic hydroxyl groups is 1. The van der Waals surface area contributed by atoms with Crippen molar-refractivity contribution < 1.29 is 23.8 Å². The van der Waals surface area contributed by atoms with E-state index in [9.17, 15) is 19.1 Å². The maximum atomic E-state index is 14.0. The van der Waals surface area contributed by atoms with Crippen LogP contribution in [0.5, 0.6) is 0 Å². The highest BCUT2D eigenvalue weighted by Crippen LogP contribution is 2.39. The van der Waals surface area contributed by atoms with Crippen LogP contribution in [-0.4, -0.2) is 83.7 Å². The van der Waals surface area contributed by atoms with E-state index in [1.54, 1.807) is 11.0 Å². The van der Waals surface area contributed by atoms with Crippen molar-refractivity contribution in [3.05, 3.63) is 50.5 Å². The summed E-state index contributed by atoms with van der Waals surface area (Å²) in [6, 6.07) is 2.64. The molecule has 0 aliphatic carbocycles. The Morgan fingerprint density at radius 2 is 2.00 bits per heavy atom. The summed E-state index contributed by atoms with van der Waals surface area (Å²) in [4.78, 5) is 33.4. The van der Waals surface area contributed by atoms with Gasteiger partial charge >= 0.3 is 0 Å². The van der Waals surface area contributed by atoms with Crippen LogP contribution in [0.2, 0.25) is 0 Å². The van der Waals surface area contributed by atoms with Gasteiger partial charge in [-0.15, -0.1) is 0 Å². The smallest absolute Gasteiger partial charge is 0.256 e. The number of nitrogens with zero attached hydrogens (tertiary/aromatic N) is 2. The first-order valence-electron chi connectivity index (χ1n) is 11.8. The van der Waals surface area contributed by atoms with Gasteiger partial charge in [-0.1, -0.05) is 0 Å². The first kappa shape index (κ1) is 24.2. The lowest BCUT2D eigenvalue weighted by Gasteiger charge is -2.31. The summed E-state index contributed by atoms with van der Waals surface area (Å²) in [6.45, 7) is 6.06. The number of rotatable bonds is 5. The Bertz CT molecular complexity index is 1200. The molecule has 1 aromatic carbocycles. The average Bonchev–Trinajstić information content (AvgIpc) is 3.24. The minimum absolute atomic E-state index is 0.123. The fraction of sp³-hybridized carbons (Fsp3) is 0.440. The van der Waals surface area contributed by atoms with Crippen LogP contribution < -0.4 is 5.32 Å². The van der Waals surface area contributed by atoms with Crippen molar-refractivity contribution in [1.29, 1.82) is 0 Å². The van der Waals surface area contributed by atoms with E-state index >= 15 is 0 Å². The number of aromatic amines is 1. The predicted octanol–water partition coefficient (Wildman–Crippen LogP) is 2.80. The average molecular weight is 547 g/mol. The Kier molecular flexibility index (Phi) is 6.80. The molecule has 2 amide bonds. The molecule has 3 N–H and O–H groups in total. The van der Waals surface area contributed by atoms with E-state index < -0.39 is 11.9 Å². The van der Waals surface area contributed by atoms with E-state index in [2.05, 4.69) is 31.1 Å². The van der Waals surface area contributed by atoms with Gasteiger partial charge in [0.25, 0.3) is 11.8 Å². The number of carbonyl (C=O) groups excluding carboxylic acids is 2. The van der Waals surface area contributed by atoms with Crippen molar-refractivity contribution in [3.63, 3.8) is 0 Å². The number of aliphatic hydroxyl groups excluding tert-OH is 1. The molecule has 35 heavy (non-hydrogen) atoms. The van der Waals surface area contributed by atoms with E-state index in [0.717, 1.165) is 30.8 Å². The number of aromatic nitrogens is 1. The maximum Gasteiger partial charge on any atom is 0.256 e. The number of anilines is 1. The van der Waals surface area contributed by atoms with Crippen LogP contribution in [0.1, 0.15) is 39.3 Å². The van der Waals surface area contributed by atoms with E-state index in [4.69, 9.17) is 4.74 Å². The lowest BCUT2D eigenvalue weighted by molar-refractivity contribution is -0.110. The van der Waals surface area contributed by atoms with E-state index in [-0.39, 0.29) is 18.4 Å². The number of nitrogens with one attached hydrogen (secondary N) is 2. The molecule has 8 nitrogen and oxygen atoms in total. The van der Waals surface area contributed by atoms with Crippen molar-refractivity contribution in [2.45, 2.75) is 25.9 Å². The van der Waals surface area contributed by atoms with Crippen molar-refractivity contribution in [3.8, 4) is 0 Å². The Balaban J connectivity index is 1.39. The number of fused-ring (bicyclic) bond motifs is 2. The molecule has 3 aliphatic rings. The molecule has 186 valence electrons. The Morgan fingerprint density at radius 1 is 1.23 bits per heavy atom. The molecular weight excluding hydrogens is 519 g/mol. The van der Waals surface area contributed by atoms with Crippen LogP contribution in [0.25, 0.3) is 11.6 Å². The van der Waals surface area contributed by atoms with Crippen LogP contribution in [0.4, 0.5) is 10.1 Å². The van der Waals surface area contributed by atoms with E-state index in [1.165, 1.54) is 12.1 Å². The summed E-state index contributed by atoms with van der Waals surface area (Å²) >= 11 is 3.30. The number of aryl methyl sites for hydroxylation is 1. The van der Waals surface area contributed by atoms with Crippen molar-refractivity contribution in [2.75, 3.05) is 51.3 Å². The fourth-order valence-electron chi connectivity index (χ4n) is 5.08. The highest BCUT2D eigenvalue weighted by atomic mass is 79.9. The summed E-state index contributed by atoms with van der Waals surface area (Å²) in [6.07, 6.45) is 2.48. The minimum atomic E-state index is -0.647. The zero-order valence-corrected chi connectivity index (χ0v) is 21.1. The molecule has 1 aromatic heterocycles. The second-order valence-corrected chi connectivity index (χ2v) is 10.1. The van der Waals surface area contributed by atoms with Gasteiger partial charge in [0.1, 0.15) is 5.82 Å². The molecular formula is C25H28BrFN4O4. The van der Waals surface area contributed by atoms with E-state index in [0.29, 0.717) is 65.3 Å². The van der Waals surface area contributed by atoms with Crippen LogP contribution in [-0.2, 0) is 16.0 Å². The van der Waals surface area contributed by atoms with Gasteiger partial charge in [-0.2, -0.15) is 0 Å². The molecule has 3 aliphatic heterocycles. The number of amides is 2. The van der Waals surface area contributed by atoms with Crippen molar-refractivity contribution in [1.82, 2.24) is 14.8 Å². The lowest BCUT2D eigenvalue weighted by Crippen LogP contribution is -2.46. The molecule has 0 spiro atoms. The standard InChI is InChI=1S/C25H28BrFN4O4/c1-14-21(11-18-17-9-15(27)10-19(26)23(17)29-24(18)33)28-20-3-2-4-31(25(34)22(14)20)13-16(32)12-30-5-7-35-8-6-30/h9-11,16,28,32H,2-8,12-13H2,1H3,(H,29,33)/b18-11-/t16-/m0/s1. The van der Waals surface area contributed by atoms with Crippen LogP contribution in [0, 0.1) is 12.7 Å². The van der Waals surface area contributed by atoms with Gasteiger partial charge in [-0.05, 0) is 59.5 Å². The SMILES string of the molecule is Cc1c(/C=C2\C(=O)Nc3c(Br)cc(F)cc32)[nH]c2c1C(=O)N(C[C@@H](O)CN1CCOCC1)CCC2. The maximum absolute atomic E-state index is 14.0. The molecule has 5 rings (SSSR count). The van der Waals surface area contributed by atoms with Crippen molar-refractivity contribution in [2.24, 2.45) is 0 Å². The molecule has 10 heteroatoms. The first-order chi connectivity index (χ1) is 16.8. The third kappa shape index (κ3) is 4.80. The van der Waals surface area contributed by atoms with Gasteiger partial charge in [0.2, 0.25) is 0 Å². The van der Waals surface area contributed by atoms with Crippen LogP contribution >= 0.6 is 15.9 Å². The summed E-state index contributed by atoms with van der Waals surface area (Å²) in [7, 11) is 0. The number of benzene rings is 1. The van der Waals surface area contributed by atoms with Crippen LogP contribution in [0.3, 0.4) is 0 Å². The summed E-state index contributed by atoms with van der Waals surface area (Å²) in [5.41, 5.74) is 4.15. The number of hydrogen-bond donors (Lipinski definition) is 3. The van der Waals surface area contributed by atoms with Gasteiger partial charge in [0.15, 0.2) is 0 Å². The quantitative estimate of drug-likeness (QED) is 0.501. The third-order valence-corrected chi connectivity index (χ3v) is 7.47. The van der Waals surface area contributed by atoms with Crippen molar-refractivity contribution >= 4 is 45.1 Å². The number of carbonyl (C=O) groups is 2. The summed E-state index contributed by atoms with van der Waals surface area (Å²) in [5, 5.41) is 13.4. The number of β-amino-alcohol motifs (C(OH)–C–C–N with tert-alkyl or cyclic N) is 1. The number of morpholine rings is 1. The first-order valence-corrected chi connectivity index (χ1v) is 12.6. The van der Waals surface area contributed by atoms with Gasteiger partial charge in [0.05, 0.1) is 36.1 Å². The molecule has 0 radical (unpaired) electrons. The van der Waals surface area contributed by atoms with Crippen LogP contribution in [0.15, 0.2) is 16.6 Å². The van der Waals surface area contributed by atoms with E-state index in [1.807, 2.05) is 6.92 Å². The van der Waals surface area contributed by atoms with Gasteiger partial charge in [-0.3, -0.25) is 14.5 Å². The number of H-pyrrole nitrogens is 1. The normalized spacial score (nSPS) is 20.6. The summed E-state index contributed by atoms with van der Waals surface area (Å²) in [5.74, 6) is -0.893. The fourth-order valence-corrected chi connectivity index (χ4v) is 5.61.